The summed E-state index contributed by atoms with van der Waals surface area (Å²) in [7, 11) is 0. The minimum atomic E-state index is -0.893. The van der Waals surface area contributed by atoms with E-state index in [2.05, 4.69) is 4.90 Å². The summed E-state index contributed by atoms with van der Waals surface area (Å²) in [5.41, 5.74) is 1.69. The Kier molecular flexibility index (Phi) is 8.18. The number of aliphatic hydroxyl groups is 1. The van der Waals surface area contributed by atoms with Crippen molar-refractivity contribution >= 4 is 23.1 Å². The van der Waals surface area contributed by atoms with Crippen LogP contribution in [-0.2, 0) is 20.9 Å². The lowest BCUT2D eigenvalue weighted by atomic mass is 9.95. The Morgan fingerprint density at radius 1 is 0.950 bits per heavy atom. The number of hydrogen-bond acceptors (Lipinski definition) is 8. The number of nitro groups is 1. The highest BCUT2D eigenvalue weighted by Gasteiger charge is 2.46. The summed E-state index contributed by atoms with van der Waals surface area (Å²) in [6, 6.07) is 21.1. The molecule has 40 heavy (non-hydrogen) atoms. The molecule has 2 heterocycles. The van der Waals surface area contributed by atoms with Gasteiger partial charge in [0.1, 0.15) is 18.1 Å². The van der Waals surface area contributed by atoms with Crippen LogP contribution in [0.4, 0.5) is 5.69 Å². The zero-order valence-corrected chi connectivity index (χ0v) is 21.8. The lowest BCUT2D eigenvalue weighted by Crippen LogP contribution is -2.42. The highest BCUT2D eigenvalue weighted by molar-refractivity contribution is 6.46. The molecule has 0 spiro atoms. The second-order valence-electron chi connectivity index (χ2n) is 9.59. The first-order valence-electron chi connectivity index (χ1n) is 13.0. The number of morpholine rings is 1. The van der Waals surface area contributed by atoms with E-state index in [9.17, 15) is 24.8 Å². The molecule has 2 aliphatic rings. The van der Waals surface area contributed by atoms with Gasteiger partial charge in [0.05, 0.1) is 29.8 Å². The van der Waals surface area contributed by atoms with Crippen molar-refractivity contribution < 1.29 is 29.1 Å². The minimum Gasteiger partial charge on any atom is -0.507 e. The quantitative estimate of drug-likeness (QED) is 0.142. The summed E-state index contributed by atoms with van der Waals surface area (Å²) < 4.78 is 11.2. The summed E-state index contributed by atoms with van der Waals surface area (Å²) in [5.74, 6) is -1.25. The van der Waals surface area contributed by atoms with Gasteiger partial charge in [0, 0.05) is 43.9 Å². The molecule has 10 heteroatoms. The van der Waals surface area contributed by atoms with Gasteiger partial charge < -0.3 is 19.5 Å². The molecular formula is C30H29N3O7. The van der Waals surface area contributed by atoms with Crippen LogP contribution in [-0.4, -0.2) is 70.9 Å². The van der Waals surface area contributed by atoms with Gasteiger partial charge in [-0.3, -0.25) is 24.6 Å². The van der Waals surface area contributed by atoms with Gasteiger partial charge in [0.2, 0.25) is 0 Å². The predicted octanol–water partition coefficient (Wildman–Crippen LogP) is 3.93. The Morgan fingerprint density at radius 2 is 1.62 bits per heavy atom. The fourth-order valence-corrected chi connectivity index (χ4v) is 4.91. The molecule has 10 nitrogen and oxygen atoms in total. The predicted molar refractivity (Wildman–Crippen MR) is 147 cm³/mol. The van der Waals surface area contributed by atoms with E-state index in [4.69, 9.17) is 9.47 Å². The van der Waals surface area contributed by atoms with E-state index < -0.39 is 22.7 Å². The number of Topliss-reactive ketones (excluding diaryl/α,β-unsaturated/α-hetero) is 1. The van der Waals surface area contributed by atoms with Crippen LogP contribution in [0.5, 0.6) is 5.75 Å². The summed E-state index contributed by atoms with van der Waals surface area (Å²) in [4.78, 5) is 40.8. The van der Waals surface area contributed by atoms with Crippen molar-refractivity contribution in [2.45, 2.75) is 12.6 Å². The Morgan fingerprint density at radius 3 is 2.27 bits per heavy atom. The summed E-state index contributed by atoms with van der Waals surface area (Å²) in [5, 5.41) is 22.5. The van der Waals surface area contributed by atoms with Gasteiger partial charge in [-0.15, -0.1) is 0 Å². The normalized spacial score (nSPS) is 19.1. The number of hydrogen-bond donors (Lipinski definition) is 1. The molecule has 0 aromatic heterocycles. The number of non-ortho nitro benzene ring substituents is 1. The zero-order chi connectivity index (χ0) is 28.1. The van der Waals surface area contributed by atoms with Crippen LogP contribution in [0.2, 0.25) is 0 Å². The standard InChI is InChI=1S/C30H29N3O7/c34-28(23-8-12-25(13-9-23)40-20-21-4-2-1-3-5-21)26-27(22-6-10-24(11-7-22)33(37)38)32(30(36)29(26)35)15-14-31-16-18-39-19-17-31/h1-13,27,34H,14-20H2/b28-26+. The topological polar surface area (TPSA) is 122 Å². The van der Waals surface area contributed by atoms with Gasteiger partial charge in [-0.1, -0.05) is 30.3 Å². The maximum absolute atomic E-state index is 13.3. The van der Waals surface area contributed by atoms with Crippen molar-refractivity contribution in [2.24, 2.45) is 0 Å². The van der Waals surface area contributed by atoms with E-state index in [0.717, 1.165) is 5.56 Å². The first-order chi connectivity index (χ1) is 19.4. The van der Waals surface area contributed by atoms with Crippen LogP contribution in [0, 0.1) is 10.1 Å². The minimum absolute atomic E-state index is 0.0567. The molecule has 1 N–H and O–H groups in total. The number of rotatable bonds is 9. The summed E-state index contributed by atoms with van der Waals surface area (Å²) >= 11 is 0. The SMILES string of the molecule is O=C1C(=O)N(CCN2CCOCC2)C(c2ccc([N+](=O)[O-])cc2)/C1=C(\O)c1ccc(OCc2ccccc2)cc1. The number of benzene rings is 3. The number of amides is 1. The fourth-order valence-electron chi connectivity index (χ4n) is 4.91. The molecule has 2 aliphatic heterocycles. The number of ketones is 1. The summed E-state index contributed by atoms with van der Waals surface area (Å²) in [6.45, 7) is 3.75. The first-order valence-corrected chi connectivity index (χ1v) is 13.0. The van der Waals surface area contributed by atoms with E-state index in [1.807, 2.05) is 30.3 Å². The van der Waals surface area contributed by atoms with Crippen LogP contribution >= 0.6 is 0 Å². The second-order valence-corrected chi connectivity index (χ2v) is 9.59. The number of nitrogens with zero attached hydrogens (tertiary/aromatic N) is 3. The second kappa shape index (κ2) is 12.1. The Hall–Kier alpha value is -4.54. The molecule has 0 bridgehead atoms. The molecule has 206 valence electrons. The number of carbonyl (C=O) groups is 2. The van der Waals surface area contributed by atoms with Gasteiger partial charge in [-0.05, 0) is 47.5 Å². The molecule has 5 rings (SSSR count). The molecule has 3 aromatic rings. The summed E-state index contributed by atoms with van der Waals surface area (Å²) in [6.07, 6.45) is 0. The van der Waals surface area contributed by atoms with Gasteiger partial charge >= 0.3 is 0 Å². The van der Waals surface area contributed by atoms with Crippen molar-refractivity contribution in [3.63, 3.8) is 0 Å². The van der Waals surface area contributed by atoms with Crippen LogP contribution in [0.25, 0.3) is 5.76 Å². The third-order valence-electron chi connectivity index (χ3n) is 7.10. The third-order valence-corrected chi connectivity index (χ3v) is 7.10. The molecule has 1 atom stereocenters. The van der Waals surface area contributed by atoms with E-state index in [-0.39, 0.29) is 23.6 Å². The van der Waals surface area contributed by atoms with Crippen LogP contribution < -0.4 is 4.74 Å². The molecular weight excluding hydrogens is 514 g/mol. The maximum Gasteiger partial charge on any atom is 0.295 e. The number of ether oxygens (including phenoxy) is 2. The average molecular weight is 544 g/mol. The van der Waals surface area contributed by atoms with Gasteiger partial charge in [-0.25, -0.2) is 0 Å². The van der Waals surface area contributed by atoms with E-state index >= 15 is 0 Å². The smallest absolute Gasteiger partial charge is 0.295 e. The molecule has 3 aromatic carbocycles. The number of nitro benzene ring substituents is 1. The van der Waals surface area contributed by atoms with Crippen molar-refractivity contribution in [1.29, 1.82) is 0 Å². The lowest BCUT2D eigenvalue weighted by Gasteiger charge is -2.31. The lowest BCUT2D eigenvalue weighted by molar-refractivity contribution is -0.384. The molecule has 0 aliphatic carbocycles. The Balaban J connectivity index is 1.43. The Labute approximate surface area is 231 Å². The van der Waals surface area contributed by atoms with Gasteiger partial charge in [0.25, 0.3) is 17.4 Å². The van der Waals surface area contributed by atoms with E-state index in [1.165, 1.54) is 29.2 Å². The largest absolute Gasteiger partial charge is 0.507 e. The number of likely N-dealkylation sites (tertiary alicyclic amines) is 1. The Bertz CT molecular complexity index is 1400. The van der Waals surface area contributed by atoms with Gasteiger partial charge in [-0.2, -0.15) is 0 Å². The van der Waals surface area contributed by atoms with Crippen LogP contribution in [0.1, 0.15) is 22.7 Å². The first kappa shape index (κ1) is 27.0. The molecule has 0 radical (unpaired) electrons. The van der Waals surface area contributed by atoms with Crippen molar-refractivity contribution in [3.8, 4) is 5.75 Å². The highest BCUT2D eigenvalue weighted by atomic mass is 16.6. The van der Waals surface area contributed by atoms with Gasteiger partial charge in [0.15, 0.2) is 0 Å². The molecule has 0 saturated carbocycles. The van der Waals surface area contributed by atoms with Crippen LogP contribution in [0.3, 0.4) is 0 Å². The third kappa shape index (κ3) is 5.88. The van der Waals surface area contributed by atoms with Crippen LogP contribution in [0.15, 0.2) is 84.4 Å². The molecule has 1 unspecified atom stereocenters. The van der Waals surface area contributed by atoms with Crippen molar-refractivity contribution in [1.82, 2.24) is 9.80 Å². The zero-order valence-electron chi connectivity index (χ0n) is 21.8. The number of carbonyl (C=O) groups excluding carboxylic acids is 2. The van der Waals surface area contributed by atoms with Crippen molar-refractivity contribution in [3.05, 3.63) is 111 Å². The fraction of sp³-hybridized carbons (Fsp3) is 0.267. The average Bonchev–Trinajstić information content (AvgIpc) is 3.25. The van der Waals surface area contributed by atoms with Crippen molar-refractivity contribution in [2.75, 3.05) is 39.4 Å². The monoisotopic (exact) mass is 543 g/mol. The highest BCUT2D eigenvalue weighted by Crippen LogP contribution is 2.40. The number of aliphatic hydroxyl groups excluding tert-OH is 1. The molecule has 1 amide bonds. The molecule has 2 fully saturated rings. The molecule has 2 saturated heterocycles. The van der Waals surface area contributed by atoms with E-state index in [1.54, 1.807) is 24.3 Å². The maximum atomic E-state index is 13.3. The van der Waals surface area contributed by atoms with E-state index in [0.29, 0.717) is 56.3 Å².